The largest absolute Gasteiger partial charge is 0.352 e. The van der Waals surface area contributed by atoms with E-state index in [1.54, 1.807) is 25.1 Å². The molecule has 7 nitrogen and oxygen atoms in total. The smallest absolute Gasteiger partial charge is 0.315 e. The SMILES string of the molecule is CC[C@H](C)NC(=O)[C@H](C)NC(=O)N[C@@H](C)c1cccc(NC(C)=O)c1. The van der Waals surface area contributed by atoms with E-state index in [0.717, 1.165) is 12.0 Å². The summed E-state index contributed by atoms with van der Waals surface area (Å²) in [6.07, 6.45) is 0.826. The van der Waals surface area contributed by atoms with Crippen molar-refractivity contribution in [3.05, 3.63) is 29.8 Å². The maximum atomic E-state index is 12.1. The number of benzene rings is 1. The van der Waals surface area contributed by atoms with Crippen LogP contribution in [0.1, 0.15) is 52.6 Å². The van der Waals surface area contributed by atoms with Gasteiger partial charge in [0, 0.05) is 18.7 Å². The van der Waals surface area contributed by atoms with Gasteiger partial charge in [-0.2, -0.15) is 0 Å². The molecule has 0 bridgehead atoms. The Morgan fingerprint density at radius 3 is 2.32 bits per heavy atom. The first kappa shape index (κ1) is 20.5. The third-order valence-electron chi connectivity index (χ3n) is 3.80. The minimum atomic E-state index is -0.632. The summed E-state index contributed by atoms with van der Waals surface area (Å²) in [5, 5.41) is 10.9. The lowest BCUT2D eigenvalue weighted by Crippen LogP contribution is -2.50. The van der Waals surface area contributed by atoms with Gasteiger partial charge in [0.15, 0.2) is 0 Å². The number of amides is 4. The summed E-state index contributed by atoms with van der Waals surface area (Å²) in [5.74, 6) is -0.374. The Kier molecular flexibility index (Phi) is 7.91. The van der Waals surface area contributed by atoms with Crippen molar-refractivity contribution in [3.63, 3.8) is 0 Å². The number of hydrogen-bond donors (Lipinski definition) is 4. The van der Waals surface area contributed by atoms with Crippen molar-refractivity contribution in [1.82, 2.24) is 16.0 Å². The minimum absolute atomic E-state index is 0.0650. The average molecular weight is 348 g/mol. The molecule has 0 aliphatic rings. The van der Waals surface area contributed by atoms with Crippen molar-refractivity contribution in [2.24, 2.45) is 0 Å². The molecule has 1 aromatic rings. The standard InChI is InChI=1S/C18H28N4O3/c1-6-11(2)19-17(24)13(4)21-18(25)20-12(3)15-8-7-9-16(10-15)22-14(5)23/h7-13H,6H2,1-5H3,(H,19,24)(H,22,23)(H2,20,21,25)/t11-,12-,13-/m0/s1. The number of rotatable bonds is 7. The predicted molar refractivity (Wildman–Crippen MR) is 98.2 cm³/mol. The van der Waals surface area contributed by atoms with E-state index in [0.29, 0.717) is 5.69 Å². The summed E-state index contributed by atoms with van der Waals surface area (Å²) < 4.78 is 0. The van der Waals surface area contributed by atoms with Gasteiger partial charge in [0.25, 0.3) is 0 Å². The molecular formula is C18H28N4O3. The fraction of sp³-hybridized carbons (Fsp3) is 0.500. The number of urea groups is 1. The number of anilines is 1. The molecule has 0 unspecified atom stereocenters. The summed E-state index contributed by atoms with van der Waals surface area (Å²) in [7, 11) is 0. The van der Waals surface area contributed by atoms with Crippen LogP contribution in [-0.4, -0.2) is 29.9 Å². The second-order valence-electron chi connectivity index (χ2n) is 6.19. The Bertz CT molecular complexity index is 618. The average Bonchev–Trinajstić information content (AvgIpc) is 2.53. The van der Waals surface area contributed by atoms with Gasteiger partial charge in [-0.05, 0) is 44.9 Å². The molecule has 0 aliphatic heterocycles. The zero-order chi connectivity index (χ0) is 19.0. The van der Waals surface area contributed by atoms with Gasteiger partial charge in [0.05, 0.1) is 6.04 Å². The van der Waals surface area contributed by atoms with Crippen LogP contribution in [0.4, 0.5) is 10.5 Å². The summed E-state index contributed by atoms with van der Waals surface area (Å²) >= 11 is 0. The highest BCUT2D eigenvalue weighted by molar-refractivity contribution is 5.89. The van der Waals surface area contributed by atoms with Crippen molar-refractivity contribution in [2.45, 2.75) is 59.2 Å². The van der Waals surface area contributed by atoms with Gasteiger partial charge in [0.1, 0.15) is 6.04 Å². The quantitative estimate of drug-likeness (QED) is 0.608. The van der Waals surface area contributed by atoms with Crippen molar-refractivity contribution in [1.29, 1.82) is 0 Å². The highest BCUT2D eigenvalue weighted by atomic mass is 16.2. The molecule has 0 spiro atoms. The molecule has 4 amide bonds. The molecule has 25 heavy (non-hydrogen) atoms. The first-order valence-corrected chi connectivity index (χ1v) is 8.47. The molecule has 138 valence electrons. The van der Waals surface area contributed by atoms with Gasteiger partial charge in [0.2, 0.25) is 11.8 Å². The molecule has 4 N–H and O–H groups in total. The zero-order valence-corrected chi connectivity index (χ0v) is 15.5. The van der Waals surface area contributed by atoms with Gasteiger partial charge < -0.3 is 21.3 Å². The van der Waals surface area contributed by atoms with Crippen LogP contribution in [0.5, 0.6) is 0 Å². The number of hydrogen-bond acceptors (Lipinski definition) is 3. The highest BCUT2D eigenvalue weighted by Gasteiger charge is 2.18. The first-order chi connectivity index (χ1) is 11.7. The van der Waals surface area contributed by atoms with Crippen LogP contribution in [-0.2, 0) is 9.59 Å². The summed E-state index contributed by atoms with van der Waals surface area (Å²) in [6.45, 7) is 8.80. The van der Waals surface area contributed by atoms with Crippen molar-refractivity contribution >= 4 is 23.5 Å². The van der Waals surface area contributed by atoms with Crippen molar-refractivity contribution < 1.29 is 14.4 Å². The van der Waals surface area contributed by atoms with E-state index in [1.807, 2.05) is 26.8 Å². The van der Waals surface area contributed by atoms with E-state index in [2.05, 4.69) is 21.3 Å². The molecule has 1 aromatic carbocycles. The maximum absolute atomic E-state index is 12.1. The number of carbonyl (C=O) groups is 3. The second kappa shape index (κ2) is 9.66. The molecule has 0 saturated carbocycles. The molecule has 1 rings (SSSR count). The lowest BCUT2D eigenvalue weighted by atomic mass is 10.1. The maximum Gasteiger partial charge on any atom is 0.315 e. The van der Waals surface area contributed by atoms with Gasteiger partial charge in [-0.15, -0.1) is 0 Å². The highest BCUT2D eigenvalue weighted by Crippen LogP contribution is 2.17. The molecule has 0 saturated heterocycles. The molecule has 3 atom stereocenters. The Morgan fingerprint density at radius 1 is 1.04 bits per heavy atom. The normalized spacial score (nSPS) is 14.0. The van der Waals surface area contributed by atoms with E-state index < -0.39 is 12.1 Å². The molecular weight excluding hydrogens is 320 g/mol. The van der Waals surface area contributed by atoms with Crippen LogP contribution in [0.25, 0.3) is 0 Å². The number of carbonyl (C=O) groups excluding carboxylic acids is 3. The van der Waals surface area contributed by atoms with E-state index in [1.165, 1.54) is 6.92 Å². The van der Waals surface area contributed by atoms with Crippen LogP contribution in [0.3, 0.4) is 0 Å². The zero-order valence-electron chi connectivity index (χ0n) is 15.5. The molecule has 7 heteroatoms. The lowest BCUT2D eigenvalue weighted by molar-refractivity contribution is -0.123. The second-order valence-corrected chi connectivity index (χ2v) is 6.19. The topological polar surface area (TPSA) is 99.3 Å². The molecule has 0 fully saturated rings. The van der Waals surface area contributed by atoms with Gasteiger partial charge >= 0.3 is 6.03 Å². The Labute approximate surface area is 148 Å². The van der Waals surface area contributed by atoms with E-state index >= 15 is 0 Å². The third kappa shape index (κ3) is 7.24. The Balaban J connectivity index is 2.58. The molecule has 0 radical (unpaired) electrons. The fourth-order valence-corrected chi connectivity index (χ4v) is 2.14. The summed E-state index contributed by atoms with van der Waals surface area (Å²) in [4.78, 5) is 35.2. The molecule has 0 aromatic heterocycles. The van der Waals surface area contributed by atoms with Crippen LogP contribution in [0.2, 0.25) is 0 Å². The molecule has 0 heterocycles. The van der Waals surface area contributed by atoms with Gasteiger partial charge in [-0.3, -0.25) is 9.59 Å². The third-order valence-corrected chi connectivity index (χ3v) is 3.80. The number of nitrogens with one attached hydrogen (secondary N) is 4. The minimum Gasteiger partial charge on any atom is -0.352 e. The predicted octanol–water partition coefficient (Wildman–Crippen LogP) is 2.31. The van der Waals surface area contributed by atoms with Crippen molar-refractivity contribution in [2.75, 3.05) is 5.32 Å². The summed E-state index contributed by atoms with van der Waals surface area (Å²) in [5.41, 5.74) is 1.51. The van der Waals surface area contributed by atoms with E-state index in [-0.39, 0.29) is 23.9 Å². The first-order valence-electron chi connectivity index (χ1n) is 8.47. The fourth-order valence-electron chi connectivity index (χ4n) is 2.14. The van der Waals surface area contributed by atoms with Crippen LogP contribution in [0, 0.1) is 0 Å². The van der Waals surface area contributed by atoms with E-state index in [4.69, 9.17) is 0 Å². The van der Waals surface area contributed by atoms with Crippen LogP contribution in [0.15, 0.2) is 24.3 Å². The Hall–Kier alpha value is -2.57. The van der Waals surface area contributed by atoms with Gasteiger partial charge in [-0.1, -0.05) is 19.1 Å². The van der Waals surface area contributed by atoms with Crippen LogP contribution < -0.4 is 21.3 Å². The van der Waals surface area contributed by atoms with Crippen LogP contribution >= 0.6 is 0 Å². The Morgan fingerprint density at radius 2 is 1.72 bits per heavy atom. The van der Waals surface area contributed by atoms with E-state index in [9.17, 15) is 14.4 Å². The van der Waals surface area contributed by atoms with Gasteiger partial charge in [-0.25, -0.2) is 4.79 Å². The lowest BCUT2D eigenvalue weighted by Gasteiger charge is -2.20. The molecule has 0 aliphatic carbocycles. The monoisotopic (exact) mass is 348 g/mol. The van der Waals surface area contributed by atoms with Crippen molar-refractivity contribution in [3.8, 4) is 0 Å². The summed E-state index contributed by atoms with van der Waals surface area (Å²) in [6, 6.07) is 5.96.